The summed E-state index contributed by atoms with van der Waals surface area (Å²) in [5.74, 6) is 2.38. The molecule has 1 heterocycles. The number of benzene rings is 1. The molecule has 4 heteroatoms. The van der Waals surface area contributed by atoms with Gasteiger partial charge >= 0.3 is 0 Å². The van der Waals surface area contributed by atoms with Gasteiger partial charge in [-0.25, -0.2) is 0 Å². The number of hydrogen-bond acceptors (Lipinski definition) is 2. The summed E-state index contributed by atoms with van der Waals surface area (Å²) in [5.41, 5.74) is 2.27. The minimum atomic E-state index is 0.508. The molecule has 2 aromatic rings. The highest BCUT2D eigenvalue weighted by molar-refractivity contribution is 7.71. The predicted molar refractivity (Wildman–Crippen MR) is 84.9 cm³/mol. The molecule has 1 aromatic heterocycles. The molecular weight excluding hydrogens is 268 g/mol. The molecule has 1 aliphatic rings. The van der Waals surface area contributed by atoms with Crippen molar-refractivity contribution in [1.29, 1.82) is 0 Å². The zero-order chi connectivity index (χ0) is 14.3. The minimum absolute atomic E-state index is 0.508. The van der Waals surface area contributed by atoms with Crippen LogP contribution in [0.1, 0.15) is 39.2 Å². The first-order valence-electron chi connectivity index (χ1n) is 7.44. The number of H-pyrrole nitrogens is 1. The van der Waals surface area contributed by atoms with Crippen LogP contribution in [0.3, 0.4) is 0 Å². The average Bonchev–Trinajstić information content (AvgIpc) is 2.97. The Hall–Kier alpha value is -1.29. The number of ether oxygens (including phenoxy) is 1. The van der Waals surface area contributed by atoms with Gasteiger partial charge in [0.1, 0.15) is 5.75 Å². The van der Waals surface area contributed by atoms with Crippen molar-refractivity contribution in [2.45, 2.75) is 39.2 Å². The van der Waals surface area contributed by atoms with Crippen molar-refractivity contribution in [1.82, 2.24) is 9.55 Å². The third-order valence-corrected chi connectivity index (χ3v) is 5.26. The minimum Gasteiger partial charge on any atom is -0.497 e. The van der Waals surface area contributed by atoms with Crippen LogP contribution < -0.4 is 4.74 Å². The molecule has 3 unspecified atom stereocenters. The summed E-state index contributed by atoms with van der Waals surface area (Å²) in [6, 6.07) is 6.63. The third kappa shape index (κ3) is 2.06. The van der Waals surface area contributed by atoms with Crippen molar-refractivity contribution < 1.29 is 4.74 Å². The second-order valence-corrected chi connectivity index (χ2v) is 6.24. The lowest BCUT2D eigenvalue weighted by Crippen LogP contribution is -2.15. The Morgan fingerprint density at radius 2 is 2.20 bits per heavy atom. The Morgan fingerprint density at radius 1 is 1.40 bits per heavy atom. The van der Waals surface area contributed by atoms with Gasteiger partial charge in [-0.3, -0.25) is 0 Å². The van der Waals surface area contributed by atoms with E-state index in [2.05, 4.69) is 35.5 Å². The lowest BCUT2D eigenvalue weighted by atomic mass is 9.93. The topological polar surface area (TPSA) is 29.9 Å². The normalized spacial score (nSPS) is 26.2. The Kier molecular flexibility index (Phi) is 3.59. The summed E-state index contributed by atoms with van der Waals surface area (Å²) in [6.07, 6.45) is 3.79. The molecule has 1 fully saturated rings. The van der Waals surface area contributed by atoms with E-state index in [4.69, 9.17) is 17.0 Å². The Bertz CT molecular complexity index is 673. The van der Waals surface area contributed by atoms with Gasteiger partial charge < -0.3 is 14.3 Å². The molecule has 1 N–H and O–H groups in total. The fraction of sp³-hybridized carbons (Fsp3) is 0.562. The van der Waals surface area contributed by atoms with Gasteiger partial charge in [0.25, 0.3) is 0 Å². The van der Waals surface area contributed by atoms with Crippen LogP contribution in [0.5, 0.6) is 5.75 Å². The van der Waals surface area contributed by atoms with Crippen LogP contribution in [0.4, 0.5) is 0 Å². The van der Waals surface area contributed by atoms with Crippen LogP contribution in [-0.2, 0) is 0 Å². The number of fused-ring (bicyclic) bond motifs is 1. The SMILES string of the molecule is CCC1CCC(n2c(=S)[nH]c3ccc(OC)cc32)C1C. The van der Waals surface area contributed by atoms with Gasteiger partial charge in [0.15, 0.2) is 4.77 Å². The molecule has 0 amide bonds. The van der Waals surface area contributed by atoms with Gasteiger partial charge in [-0.2, -0.15) is 0 Å². The van der Waals surface area contributed by atoms with E-state index < -0.39 is 0 Å². The maximum absolute atomic E-state index is 5.56. The van der Waals surface area contributed by atoms with E-state index in [0.29, 0.717) is 12.0 Å². The standard InChI is InChI=1S/C16H22N2OS/c1-4-11-5-8-14(10(11)2)18-15-9-12(19-3)6-7-13(15)17-16(18)20/h6-7,9-11,14H,4-5,8H2,1-3H3,(H,17,20). The van der Waals surface area contributed by atoms with Crippen molar-refractivity contribution in [3.63, 3.8) is 0 Å². The highest BCUT2D eigenvalue weighted by Crippen LogP contribution is 2.43. The van der Waals surface area contributed by atoms with Crippen molar-refractivity contribution in [3.8, 4) is 5.75 Å². The van der Waals surface area contributed by atoms with Crippen molar-refractivity contribution in [3.05, 3.63) is 23.0 Å². The van der Waals surface area contributed by atoms with Crippen molar-refractivity contribution >= 4 is 23.3 Å². The van der Waals surface area contributed by atoms with Gasteiger partial charge in [0, 0.05) is 12.1 Å². The van der Waals surface area contributed by atoms with Gasteiger partial charge in [-0.05, 0) is 49.0 Å². The molecule has 0 bridgehead atoms. The Labute approximate surface area is 125 Å². The summed E-state index contributed by atoms with van der Waals surface area (Å²) >= 11 is 5.56. The molecule has 3 rings (SSSR count). The molecule has 3 nitrogen and oxygen atoms in total. The van der Waals surface area contributed by atoms with E-state index in [0.717, 1.165) is 22.0 Å². The zero-order valence-electron chi connectivity index (χ0n) is 12.3. The highest BCUT2D eigenvalue weighted by Gasteiger charge is 2.33. The Morgan fingerprint density at radius 3 is 2.85 bits per heavy atom. The van der Waals surface area contributed by atoms with Crippen LogP contribution in [0.15, 0.2) is 18.2 Å². The smallest absolute Gasteiger partial charge is 0.178 e. The molecule has 108 valence electrons. The van der Waals surface area contributed by atoms with Gasteiger partial charge in [-0.15, -0.1) is 0 Å². The van der Waals surface area contributed by atoms with Gasteiger partial charge in [0.2, 0.25) is 0 Å². The van der Waals surface area contributed by atoms with Crippen molar-refractivity contribution in [2.75, 3.05) is 7.11 Å². The van der Waals surface area contributed by atoms with Crippen LogP contribution in [0.25, 0.3) is 11.0 Å². The molecule has 1 aliphatic carbocycles. The maximum Gasteiger partial charge on any atom is 0.178 e. The first kappa shape index (κ1) is 13.7. The first-order chi connectivity index (χ1) is 9.65. The number of rotatable bonds is 3. The molecule has 0 saturated heterocycles. The average molecular weight is 290 g/mol. The van der Waals surface area contributed by atoms with Crippen LogP contribution in [0.2, 0.25) is 0 Å². The summed E-state index contributed by atoms with van der Waals surface area (Å²) in [7, 11) is 1.71. The zero-order valence-corrected chi connectivity index (χ0v) is 13.2. The predicted octanol–water partition coefficient (Wildman–Crippen LogP) is 4.70. The summed E-state index contributed by atoms with van der Waals surface area (Å²) in [4.78, 5) is 3.33. The largest absolute Gasteiger partial charge is 0.497 e. The van der Waals surface area contributed by atoms with Gasteiger partial charge in [0.05, 0.1) is 18.1 Å². The fourth-order valence-electron chi connectivity index (χ4n) is 3.72. The maximum atomic E-state index is 5.56. The summed E-state index contributed by atoms with van der Waals surface area (Å²) < 4.78 is 8.51. The number of nitrogens with one attached hydrogen (secondary N) is 1. The van der Waals surface area contributed by atoms with E-state index in [-0.39, 0.29) is 0 Å². The number of nitrogens with zero attached hydrogens (tertiary/aromatic N) is 1. The van der Waals surface area contributed by atoms with E-state index in [1.807, 2.05) is 6.07 Å². The summed E-state index contributed by atoms with van der Waals surface area (Å²) in [5, 5.41) is 0. The second kappa shape index (κ2) is 5.24. The fourth-order valence-corrected chi connectivity index (χ4v) is 4.07. The van der Waals surface area contributed by atoms with E-state index in [1.54, 1.807) is 7.11 Å². The number of methoxy groups -OCH3 is 1. The monoisotopic (exact) mass is 290 g/mol. The van der Waals surface area contributed by atoms with Crippen LogP contribution in [-0.4, -0.2) is 16.7 Å². The van der Waals surface area contributed by atoms with E-state index in [1.165, 1.54) is 24.8 Å². The second-order valence-electron chi connectivity index (χ2n) is 5.86. The molecule has 1 saturated carbocycles. The van der Waals surface area contributed by atoms with Crippen molar-refractivity contribution in [2.24, 2.45) is 11.8 Å². The highest BCUT2D eigenvalue weighted by atomic mass is 32.1. The molecule has 1 aromatic carbocycles. The number of aromatic amines is 1. The quantitative estimate of drug-likeness (QED) is 0.830. The molecule has 20 heavy (non-hydrogen) atoms. The number of hydrogen-bond donors (Lipinski definition) is 1. The van der Waals surface area contributed by atoms with E-state index in [9.17, 15) is 0 Å². The molecule has 0 spiro atoms. The first-order valence-corrected chi connectivity index (χ1v) is 7.84. The lowest BCUT2D eigenvalue weighted by Gasteiger charge is -2.22. The molecule has 0 radical (unpaired) electrons. The number of aromatic nitrogens is 2. The van der Waals surface area contributed by atoms with Gasteiger partial charge in [-0.1, -0.05) is 20.3 Å². The number of imidazole rings is 1. The lowest BCUT2D eigenvalue weighted by molar-refractivity contribution is 0.332. The molecule has 3 atom stereocenters. The van der Waals surface area contributed by atoms with Crippen LogP contribution in [0, 0.1) is 16.6 Å². The van der Waals surface area contributed by atoms with E-state index >= 15 is 0 Å². The summed E-state index contributed by atoms with van der Waals surface area (Å²) in [6.45, 7) is 4.66. The molecular formula is C16H22N2OS. The third-order valence-electron chi connectivity index (χ3n) is 4.96. The Balaban J connectivity index is 2.11. The van der Waals surface area contributed by atoms with Crippen LogP contribution >= 0.6 is 12.2 Å². The molecule has 0 aliphatic heterocycles.